The first-order chi connectivity index (χ1) is 17.2. The number of carbonyl (C=O) groups is 2. The number of aliphatic hydroxyl groups is 2. The summed E-state index contributed by atoms with van der Waals surface area (Å²) in [5.74, 6) is -1.52. The fourth-order valence-corrected chi connectivity index (χ4v) is 4.83. The molecule has 0 radical (unpaired) electrons. The van der Waals surface area contributed by atoms with Crippen molar-refractivity contribution in [2.75, 3.05) is 20.1 Å². The van der Waals surface area contributed by atoms with Crippen LogP contribution in [0.5, 0.6) is 0 Å². The molecule has 0 bridgehead atoms. The lowest BCUT2D eigenvalue weighted by molar-refractivity contribution is -0.376. The number of rotatable bonds is 8. The van der Waals surface area contributed by atoms with E-state index in [9.17, 15) is 46.1 Å². The number of halogens is 8. The van der Waals surface area contributed by atoms with Crippen molar-refractivity contribution in [2.45, 2.75) is 50.7 Å². The van der Waals surface area contributed by atoms with Crippen molar-refractivity contribution in [2.24, 2.45) is 0 Å². The molecule has 0 aliphatic carbocycles. The van der Waals surface area contributed by atoms with E-state index in [-0.39, 0.29) is 34.2 Å². The summed E-state index contributed by atoms with van der Waals surface area (Å²) in [5.41, 5.74) is -9.05. The van der Waals surface area contributed by atoms with Crippen molar-refractivity contribution in [1.29, 1.82) is 0 Å². The maximum absolute atomic E-state index is 13.4. The van der Waals surface area contributed by atoms with Gasteiger partial charge < -0.3 is 20.4 Å². The van der Waals surface area contributed by atoms with Gasteiger partial charge in [0, 0.05) is 31.3 Å². The Morgan fingerprint density at radius 1 is 1.05 bits per heavy atom. The minimum Gasteiger partial charge on any atom is -0.389 e. The SMILES string of the molecule is CCCN(C)C(=O)c1nc(C(=O)NCC(C)(C)O)sc1-c1ccc(C(O)(C(F)(F)F)C(F)(F)F)c(Cl)c1Cl. The first-order valence-electron chi connectivity index (χ1n) is 10.8. The van der Waals surface area contributed by atoms with Crippen LogP contribution in [-0.4, -0.2) is 70.0 Å². The van der Waals surface area contributed by atoms with Crippen LogP contribution in [-0.2, 0) is 5.60 Å². The average Bonchev–Trinajstić information content (AvgIpc) is 3.21. The van der Waals surface area contributed by atoms with E-state index in [1.807, 2.05) is 0 Å². The maximum Gasteiger partial charge on any atom is 0.430 e. The van der Waals surface area contributed by atoms with Gasteiger partial charge in [-0.25, -0.2) is 4.98 Å². The highest BCUT2D eigenvalue weighted by molar-refractivity contribution is 7.17. The van der Waals surface area contributed by atoms with Crippen LogP contribution in [0.2, 0.25) is 10.0 Å². The van der Waals surface area contributed by atoms with E-state index in [2.05, 4.69) is 10.3 Å². The summed E-state index contributed by atoms with van der Waals surface area (Å²) in [7, 11) is 1.42. The largest absolute Gasteiger partial charge is 0.430 e. The first-order valence-corrected chi connectivity index (χ1v) is 12.4. The average molecular weight is 610 g/mol. The Bertz CT molecular complexity index is 1200. The molecule has 0 unspecified atom stereocenters. The number of benzene rings is 1. The third kappa shape index (κ3) is 6.36. The zero-order valence-electron chi connectivity index (χ0n) is 20.3. The van der Waals surface area contributed by atoms with Gasteiger partial charge in [0.1, 0.15) is 5.69 Å². The molecule has 0 aliphatic rings. The summed E-state index contributed by atoms with van der Waals surface area (Å²) in [6, 6.07) is 1.01. The van der Waals surface area contributed by atoms with E-state index < -0.39 is 51.0 Å². The fourth-order valence-electron chi connectivity index (χ4n) is 3.21. The smallest absolute Gasteiger partial charge is 0.389 e. The quantitative estimate of drug-likeness (QED) is 0.347. The van der Waals surface area contributed by atoms with Gasteiger partial charge in [-0.2, -0.15) is 26.3 Å². The van der Waals surface area contributed by atoms with Crippen LogP contribution in [0.3, 0.4) is 0 Å². The van der Waals surface area contributed by atoms with Crippen LogP contribution >= 0.6 is 34.5 Å². The molecule has 2 amide bonds. The van der Waals surface area contributed by atoms with Crippen molar-refractivity contribution in [3.8, 4) is 10.4 Å². The van der Waals surface area contributed by atoms with E-state index in [0.717, 1.165) is 0 Å². The normalized spacial score (nSPS) is 13.0. The van der Waals surface area contributed by atoms with Gasteiger partial charge in [-0.3, -0.25) is 9.59 Å². The standard InChI is InChI=1S/C22H23Cl2F6N3O4S/c1-5-8-33(4)18(35)14-15(38-17(32-14)16(34)31-9-19(2,3)36)10-6-7-11(13(24)12(10)23)20(37,21(25,26)27)22(28,29)30/h6-7,36-37H,5,8-9H2,1-4H3,(H,31,34). The molecule has 38 heavy (non-hydrogen) atoms. The second-order valence-corrected chi connectivity index (χ2v) is 10.7. The van der Waals surface area contributed by atoms with Gasteiger partial charge in [0.05, 0.1) is 20.5 Å². The molecule has 0 spiro atoms. The number of amides is 2. The number of hydrogen-bond donors (Lipinski definition) is 3. The Morgan fingerprint density at radius 3 is 2.08 bits per heavy atom. The third-order valence-corrected chi connectivity index (χ3v) is 7.12. The zero-order valence-corrected chi connectivity index (χ0v) is 22.6. The summed E-state index contributed by atoms with van der Waals surface area (Å²) in [6.45, 7) is 4.67. The van der Waals surface area contributed by atoms with Crippen LogP contribution in [0.4, 0.5) is 26.3 Å². The minimum absolute atomic E-state index is 0.160. The van der Waals surface area contributed by atoms with Crippen molar-refractivity contribution >= 4 is 46.4 Å². The van der Waals surface area contributed by atoms with E-state index in [1.54, 1.807) is 6.92 Å². The molecule has 1 aromatic heterocycles. The number of hydrogen-bond acceptors (Lipinski definition) is 6. The van der Waals surface area contributed by atoms with Gasteiger partial charge in [-0.05, 0) is 20.3 Å². The molecule has 7 nitrogen and oxygen atoms in total. The topological polar surface area (TPSA) is 103 Å². The van der Waals surface area contributed by atoms with Crippen LogP contribution in [0.15, 0.2) is 12.1 Å². The summed E-state index contributed by atoms with van der Waals surface area (Å²) < 4.78 is 80.5. The van der Waals surface area contributed by atoms with Crippen molar-refractivity contribution in [3.63, 3.8) is 0 Å². The molecule has 2 rings (SSSR count). The molecule has 0 saturated heterocycles. The molecule has 212 valence electrons. The van der Waals surface area contributed by atoms with Gasteiger partial charge in [0.2, 0.25) is 0 Å². The molecule has 0 saturated carbocycles. The molecular formula is C22H23Cl2F6N3O4S. The van der Waals surface area contributed by atoms with Gasteiger partial charge in [-0.1, -0.05) is 42.3 Å². The molecule has 2 aromatic rings. The van der Waals surface area contributed by atoms with Gasteiger partial charge in [0.25, 0.3) is 17.4 Å². The number of carbonyl (C=O) groups excluding carboxylic acids is 2. The van der Waals surface area contributed by atoms with E-state index in [1.165, 1.54) is 25.8 Å². The Balaban J connectivity index is 2.74. The van der Waals surface area contributed by atoms with E-state index >= 15 is 0 Å². The molecular weight excluding hydrogens is 587 g/mol. The van der Waals surface area contributed by atoms with Crippen LogP contribution < -0.4 is 5.32 Å². The van der Waals surface area contributed by atoms with Gasteiger partial charge >= 0.3 is 12.4 Å². The fraction of sp³-hybridized carbons (Fsp3) is 0.500. The highest BCUT2D eigenvalue weighted by Gasteiger charge is 2.72. The Kier molecular flexibility index (Phi) is 9.42. The first kappa shape index (κ1) is 32.1. The van der Waals surface area contributed by atoms with E-state index in [4.69, 9.17) is 23.2 Å². The van der Waals surface area contributed by atoms with Gasteiger partial charge in [-0.15, -0.1) is 11.3 Å². The monoisotopic (exact) mass is 609 g/mol. The molecule has 0 fully saturated rings. The second-order valence-electron chi connectivity index (χ2n) is 8.91. The zero-order chi connectivity index (χ0) is 29.4. The summed E-state index contributed by atoms with van der Waals surface area (Å²) in [6.07, 6.45) is -11.9. The van der Waals surface area contributed by atoms with Crippen molar-refractivity contribution < 1.29 is 46.1 Å². The number of nitrogens with zero attached hydrogens (tertiary/aromatic N) is 2. The summed E-state index contributed by atoms with van der Waals surface area (Å²) >= 11 is 12.5. The molecule has 1 heterocycles. The van der Waals surface area contributed by atoms with Crippen molar-refractivity contribution in [1.82, 2.24) is 15.2 Å². The van der Waals surface area contributed by atoms with Gasteiger partial charge in [0.15, 0.2) is 5.01 Å². The molecule has 1 aromatic carbocycles. The predicted octanol–water partition coefficient (Wildman–Crippen LogP) is 5.41. The lowest BCUT2D eigenvalue weighted by Gasteiger charge is -2.33. The second kappa shape index (κ2) is 11.2. The third-order valence-electron chi connectivity index (χ3n) is 5.15. The number of alkyl halides is 6. The molecule has 0 atom stereocenters. The summed E-state index contributed by atoms with van der Waals surface area (Å²) in [4.78, 5) is 30.8. The number of aromatic nitrogens is 1. The Labute approximate surface area is 227 Å². The highest BCUT2D eigenvalue weighted by atomic mass is 35.5. The number of thiazole rings is 1. The number of nitrogens with one attached hydrogen (secondary N) is 1. The Hall–Kier alpha value is -2.13. The minimum atomic E-state index is -6.21. The molecule has 16 heteroatoms. The molecule has 0 aliphatic heterocycles. The van der Waals surface area contributed by atoms with Crippen LogP contribution in [0, 0.1) is 0 Å². The Morgan fingerprint density at radius 2 is 1.61 bits per heavy atom. The lowest BCUT2D eigenvalue weighted by atomic mass is 9.91. The van der Waals surface area contributed by atoms with Crippen LogP contribution in [0.25, 0.3) is 10.4 Å². The maximum atomic E-state index is 13.4. The van der Waals surface area contributed by atoms with Crippen molar-refractivity contribution in [3.05, 3.63) is 38.4 Å². The lowest BCUT2D eigenvalue weighted by Crippen LogP contribution is -2.54. The highest BCUT2D eigenvalue weighted by Crippen LogP contribution is 2.54. The predicted molar refractivity (Wildman–Crippen MR) is 129 cm³/mol. The molecule has 3 N–H and O–H groups in total. The summed E-state index contributed by atoms with van der Waals surface area (Å²) in [5, 5.41) is 19.6. The van der Waals surface area contributed by atoms with Crippen LogP contribution in [0.1, 0.15) is 53.0 Å². The van der Waals surface area contributed by atoms with E-state index in [0.29, 0.717) is 29.9 Å².